The molecule has 1 nitrogen and oxygen atoms in total. The van der Waals surface area contributed by atoms with Gasteiger partial charge in [-0.2, -0.15) is 0 Å². The minimum Gasteiger partial charge on any atom is -0.244 e. The number of hydrogen-bond donors (Lipinski definition) is 0. The molecule has 0 spiro atoms. The van der Waals surface area contributed by atoms with Crippen LogP contribution in [-0.2, 0) is 0 Å². The summed E-state index contributed by atoms with van der Waals surface area (Å²) in [6.45, 7) is 4.18. The van der Waals surface area contributed by atoms with E-state index in [2.05, 4.69) is 18.8 Å². The predicted octanol–water partition coefficient (Wildman–Crippen LogP) is 4.73. The van der Waals surface area contributed by atoms with Crippen molar-refractivity contribution >= 4 is 22.9 Å². The van der Waals surface area contributed by atoms with Gasteiger partial charge in [0, 0.05) is 16.6 Å². The van der Waals surface area contributed by atoms with Crippen LogP contribution in [0.4, 0.5) is 4.39 Å². The zero-order valence-electron chi connectivity index (χ0n) is 9.00. The van der Waals surface area contributed by atoms with Crippen molar-refractivity contribution in [3.8, 4) is 10.6 Å². The molecule has 0 atom stereocenters. The normalized spacial score (nSPS) is 11.1. The van der Waals surface area contributed by atoms with E-state index < -0.39 is 5.82 Å². The molecular weight excluding hydrogens is 245 g/mol. The van der Waals surface area contributed by atoms with Gasteiger partial charge in [-0.15, -0.1) is 11.3 Å². The molecule has 0 bridgehead atoms. The van der Waals surface area contributed by atoms with Gasteiger partial charge in [0.25, 0.3) is 0 Å². The van der Waals surface area contributed by atoms with Crippen LogP contribution in [0.5, 0.6) is 0 Å². The highest BCUT2D eigenvalue weighted by atomic mass is 35.5. The smallest absolute Gasteiger partial charge is 0.152 e. The molecule has 0 aliphatic rings. The van der Waals surface area contributed by atoms with Crippen molar-refractivity contribution in [3.63, 3.8) is 0 Å². The Morgan fingerprint density at radius 3 is 2.75 bits per heavy atom. The highest BCUT2D eigenvalue weighted by molar-refractivity contribution is 7.15. The molecule has 0 saturated carbocycles. The first-order valence-corrected chi connectivity index (χ1v) is 6.19. The Hall–Kier alpha value is -0.930. The molecule has 0 N–H and O–H groups in total. The third kappa shape index (κ3) is 2.11. The number of halogens is 2. The van der Waals surface area contributed by atoms with Gasteiger partial charge in [-0.1, -0.05) is 31.5 Å². The van der Waals surface area contributed by atoms with E-state index in [1.807, 2.05) is 0 Å². The summed E-state index contributed by atoms with van der Waals surface area (Å²) in [5, 5.41) is 0.822. The Morgan fingerprint density at radius 1 is 1.38 bits per heavy atom. The number of rotatable bonds is 2. The van der Waals surface area contributed by atoms with Crippen LogP contribution in [0.1, 0.15) is 24.6 Å². The lowest BCUT2D eigenvalue weighted by atomic mass is 10.2. The number of hydrogen-bond acceptors (Lipinski definition) is 2. The van der Waals surface area contributed by atoms with Crippen molar-refractivity contribution in [2.45, 2.75) is 19.8 Å². The molecule has 4 heteroatoms. The maximum Gasteiger partial charge on any atom is 0.152 e. The summed E-state index contributed by atoms with van der Waals surface area (Å²) in [4.78, 5) is 5.38. The van der Waals surface area contributed by atoms with E-state index in [4.69, 9.17) is 11.6 Å². The van der Waals surface area contributed by atoms with Gasteiger partial charge in [0.1, 0.15) is 5.01 Å². The molecule has 0 aliphatic carbocycles. The Labute approximate surface area is 103 Å². The molecule has 1 aromatic carbocycles. The highest BCUT2D eigenvalue weighted by Crippen LogP contribution is 2.32. The number of benzene rings is 1. The van der Waals surface area contributed by atoms with Gasteiger partial charge >= 0.3 is 0 Å². The molecule has 84 valence electrons. The molecule has 0 aliphatic heterocycles. The van der Waals surface area contributed by atoms with Crippen LogP contribution in [0, 0.1) is 5.82 Å². The quantitative estimate of drug-likeness (QED) is 0.756. The van der Waals surface area contributed by atoms with E-state index in [1.54, 1.807) is 18.3 Å². The lowest BCUT2D eigenvalue weighted by Gasteiger charge is -2.00. The second kappa shape index (κ2) is 4.52. The van der Waals surface area contributed by atoms with Gasteiger partial charge in [-0.3, -0.25) is 0 Å². The van der Waals surface area contributed by atoms with Gasteiger partial charge in [0.05, 0.1) is 5.02 Å². The van der Waals surface area contributed by atoms with Crippen molar-refractivity contribution < 1.29 is 4.39 Å². The van der Waals surface area contributed by atoms with Crippen molar-refractivity contribution in [1.29, 1.82) is 0 Å². The van der Waals surface area contributed by atoms with E-state index in [0.717, 1.165) is 4.88 Å². The average Bonchev–Trinajstić information content (AvgIpc) is 2.71. The molecule has 0 fully saturated rings. The lowest BCUT2D eigenvalue weighted by Crippen LogP contribution is -1.83. The third-order valence-corrected chi connectivity index (χ3v) is 3.90. The van der Waals surface area contributed by atoms with E-state index in [1.165, 1.54) is 17.4 Å². The van der Waals surface area contributed by atoms with Crippen LogP contribution in [0.25, 0.3) is 10.6 Å². The molecule has 2 aromatic rings. The summed E-state index contributed by atoms with van der Waals surface area (Å²) >= 11 is 7.24. The van der Waals surface area contributed by atoms with E-state index >= 15 is 0 Å². The Kier molecular flexibility index (Phi) is 3.26. The first-order chi connectivity index (χ1) is 7.59. The topological polar surface area (TPSA) is 12.9 Å². The van der Waals surface area contributed by atoms with Gasteiger partial charge in [-0.25, -0.2) is 9.37 Å². The Bertz CT molecular complexity index is 507. The van der Waals surface area contributed by atoms with Crippen molar-refractivity contribution in [2.75, 3.05) is 0 Å². The molecule has 0 amide bonds. The first-order valence-electron chi connectivity index (χ1n) is 4.99. The summed E-state index contributed by atoms with van der Waals surface area (Å²) in [5.41, 5.74) is 0.476. The molecule has 0 radical (unpaired) electrons. The minimum atomic E-state index is -0.395. The number of aromatic nitrogens is 1. The fourth-order valence-electron chi connectivity index (χ4n) is 1.35. The van der Waals surface area contributed by atoms with Crippen LogP contribution in [0.2, 0.25) is 5.02 Å². The molecule has 0 saturated heterocycles. The van der Waals surface area contributed by atoms with Crippen molar-refractivity contribution in [1.82, 2.24) is 4.98 Å². The van der Waals surface area contributed by atoms with Crippen LogP contribution >= 0.6 is 22.9 Å². The molecule has 0 unspecified atom stereocenters. The number of thiazole rings is 1. The van der Waals surface area contributed by atoms with E-state index in [-0.39, 0.29) is 5.02 Å². The van der Waals surface area contributed by atoms with E-state index in [9.17, 15) is 4.39 Å². The Morgan fingerprint density at radius 2 is 2.12 bits per heavy atom. The fraction of sp³-hybridized carbons (Fsp3) is 0.250. The van der Waals surface area contributed by atoms with Crippen LogP contribution < -0.4 is 0 Å². The monoisotopic (exact) mass is 255 g/mol. The van der Waals surface area contributed by atoms with Gasteiger partial charge < -0.3 is 0 Å². The number of nitrogens with zero attached hydrogens (tertiary/aromatic N) is 1. The molecular formula is C12H11ClFNS. The highest BCUT2D eigenvalue weighted by Gasteiger charge is 2.13. The summed E-state index contributed by atoms with van der Waals surface area (Å²) in [6.07, 6.45) is 1.80. The zero-order valence-corrected chi connectivity index (χ0v) is 10.6. The SMILES string of the molecule is CC(C)c1cnc(-c2cccc(Cl)c2F)s1. The second-order valence-electron chi connectivity index (χ2n) is 3.82. The first kappa shape index (κ1) is 11.6. The second-order valence-corrected chi connectivity index (χ2v) is 5.29. The van der Waals surface area contributed by atoms with E-state index in [0.29, 0.717) is 16.5 Å². The van der Waals surface area contributed by atoms with Crippen LogP contribution in [0.15, 0.2) is 24.4 Å². The van der Waals surface area contributed by atoms with Crippen molar-refractivity contribution in [3.05, 3.63) is 40.1 Å². The van der Waals surface area contributed by atoms with Gasteiger partial charge in [-0.05, 0) is 18.1 Å². The van der Waals surface area contributed by atoms with Crippen LogP contribution in [-0.4, -0.2) is 4.98 Å². The summed E-state index contributed by atoms with van der Waals surface area (Å²) < 4.78 is 13.7. The third-order valence-electron chi connectivity index (χ3n) is 2.27. The van der Waals surface area contributed by atoms with Gasteiger partial charge in [0.15, 0.2) is 5.82 Å². The molecule has 16 heavy (non-hydrogen) atoms. The van der Waals surface area contributed by atoms with Crippen molar-refractivity contribution in [2.24, 2.45) is 0 Å². The molecule has 1 aromatic heterocycles. The molecule has 2 rings (SSSR count). The maximum atomic E-state index is 13.7. The van der Waals surface area contributed by atoms with Crippen LogP contribution in [0.3, 0.4) is 0 Å². The summed E-state index contributed by atoms with van der Waals surface area (Å²) in [7, 11) is 0. The largest absolute Gasteiger partial charge is 0.244 e. The maximum absolute atomic E-state index is 13.7. The summed E-state index contributed by atoms with van der Waals surface area (Å²) in [5.74, 6) is 0.0160. The predicted molar refractivity (Wildman–Crippen MR) is 66.6 cm³/mol. The summed E-state index contributed by atoms with van der Waals surface area (Å²) in [6, 6.07) is 4.97. The van der Waals surface area contributed by atoms with Gasteiger partial charge in [0.2, 0.25) is 0 Å². The standard InChI is InChI=1S/C12H11ClFNS/c1-7(2)10-6-15-12(16-10)8-4-3-5-9(13)11(8)14/h3-7H,1-2H3. The fourth-order valence-corrected chi connectivity index (χ4v) is 2.46. The lowest BCUT2D eigenvalue weighted by molar-refractivity contribution is 0.631. The zero-order chi connectivity index (χ0) is 11.7. The average molecular weight is 256 g/mol. The molecule has 1 heterocycles. The minimum absolute atomic E-state index is 0.138. The Balaban J connectivity index is 2.47.